The van der Waals surface area contributed by atoms with Gasteiger partial charge in [-0.05, 0) is 41.7 Å². The molecule has 6 heteroatoms. The van der Waals surface area contributed by atoms with E-state index in [1.165, 1.54) is 0 Å². The van der Waals surface area contributed by atoms with E-state index in [0.29, 0.717) is 48.9 Å². The van der Waals surface area contributed by atoms with Gasteiger partial charge < -0.3 is 10.0 Å². The van der Waals surface area contributed by atoms with Gasteiger partial charge in [0.25, 0.3) is 0 Å². The number of benzene rings is 3. The second-order valence-corrected chi connectivity index (χ2v) is 9.87. The van der Waals surface area contributed by atoms with E-state index in [-0.39, 0.29) is 11.9 Å². The summed E-state index contributed by atoms with van der Waals surface area (Å²) < 4.78 is 0. The van der Waals surface area contributed by atoms with Crippen molar-refractivity contribution in [3.8, 4) is 0 Å². The van der Waals surface area contributed by atoms with Crippen LogP contribution >= 0.6 is 23.2 Å². The first-order chi connectivity index (χ1) is 16.4. The number of amides is 1. The van der Waals surface area contributed by atoms with Gasteiger partial charge in [0.05, 0.1) is 28.1 Å². The number of piperidine rings is 1. The maximum atomic E-state index is 13.0. The highest BCUT2D eigenvalue weighted by molar-refractivity contribution is 6.42. The molecule has 1 saturated heterocycles. The average Bonchev–Trinajstić information content (AvgIpc) is 2.86. The van der Waals surface area contributed by atoms with Gasteiger partial charge in [0, 0.05) is 26.7 Å². The van der Waals surface area contributed by atoms with Crippen LogP contribution in [0.5, 0.6) is 0 Å². The van der Waals surface area contributed by atoms with E-state index < -0.39 is 5.60 Å². The Kier molecular flexibility index (Phi) is 7.95. The summed E-state index contributed by atoms with van der Waals surface area (Å²) in [5.41, 5.74) is 2.13. The first-order valence-electron chi connectivity index (χ1n) is 11.6. The SMILES string of the molecule is CN(CC(c1ccc(Cl)c(Cl)c1)N1CCC(O)(c2ccccc2)CC1)C(=O)Cc1ccccc1. The largest absolute Gasteiger partial charge is 0.385 e. The van der Waals surface area contributed by atoms with Gasteiger partial charge in [-0.1, -0.05) is 89.9 Å². The van der Waals surface area contributed by atoms with E-state index in [2.05, 4.69) is 4.90 Å². The Morgan fingerprint density at radius 1 is 0.971 bits per heavy atom. The second kappa shape index (κ2) is 10.9. The molecule has 1 unspecified atom stereocenters. The number of aliphatic hydroxyl groups is 1. The first-order valence-corrected chi connectivity index (χ1v) is 12.4. The van der Waals surface area contributed by atoms with E-state index in [0.717, 1.165) is 16.7 Å². The van der Waals surface area contributed by atoms with E-state index in [4.69, 9.17) is 23.2 Å². The Morgan fingerprint density at radius 2 is 1.59 bits per heavy atom. The zero-order chi connectivity index (χ0) is 24.1. The van der Waals surface area contributed by atoms with Gasteiger partial charge in [-0.25, -0.2) is 0 Å². The van der Waals surface area contributed by atoms with Crippen molar-refractivity contribution >= 4 is 29.1 Å². The number of carbonyl (C=O) groups excluding carboxylic acids is 1. The third-order valence-electron chi connectivity index (χ3n) is 6.78. The van der Waals surface area contributed by atoms with Crippen molar-refractivity contribution in [1.82, 2.24) is 9.80 Å². The number of carbonyl (C=O) groups is 1. The number of hydrogen-bond donors (Lipinski definition) is 1. The van der Waals surface area contributed by atoms with Gasteiger partial charge >= 0.3 is 0 Å². The van der Waals surface area contributed by atoms with Gasteiger partial charge in [-0.3, -0.25) is 9.69 Å². The fourth-order valence-corrected chi connectivity index (χ4v) is 4.97. The van der Waals surface area contributed by atoms with E-state index in [1.807, 2.05) is 85.9 Å². The smallest absolute Gasteiger partial charge is 0.226 e. The van der Waals surface area contributed by atoms with Crippen molar-refractivity contribution in [3.05, 3.63) is 106 Å². The molecule has 0 aromatic heterocycles. The number of rotatable bonds is 7. The average molecular weight is 497 g/mol. The molecule has 3 aromatic rings. The summed E-state index contributed by atoms with van der Waals surface area (Å²) in [6.45, 7) is 1.93. The van der Waals surface area contributed by atoms with Crippen molar-refractivity contribution in [2.75, 3.05) is 26.7 Å². The summed E-state index contributed by atoms with van der Waals surface area (Å²) in [4.78, 5) is 17.1. The van der Waals surface area contributed by atoms with Crippen molar-refractivity contribution in [2.24, 2.45) is 0 Å². The fourth-order valence-electron chi connectivity index (χ4n) is 4.66. The van der Waals surface area contributed by atoms with Crippen LogP contribution in [-0.2, 0) is 16.8 Å². The molecule has 0 bridgehead atoms. The number of likely N-dealkylation sites (tertiary alicyclic amines) is 1. The maximum Gasteiger partial charge on any atom is 0.226 e. The van der Waals surface area contributed by atoms with Gasteiger partial charge in [-0.2, -0.15) is 0 Å². The minimum atomic E-state index is -0.838. The number of hydrogen-bond acceptors (Lipinski definition) is 3. The van der Waals surface area contributed by atoms with Crippen molar-refractivity contribution in [3.63, 3.8) is 0 Å². The minimum Gasteiger partial charge on any atom is -0.385 e. The molecular formula is C28H30Cl2N2O2. The van der Waals surface area contributed by atoms with Crippen LogP contribution in [0, 0.1) is 0 Å². The molecule has 1 aliphatic heterocycles. The zero-order valence-electron chi connectivity index (χ0n) is 19.3. The fraction of sp³-hybridized carbons (Fsp3) is 0.321. The van der Waals surface area contributed by atoms with Crippen LogP contribution in [0.25, 0.3) is 0 Å². The third kappa shape index (κ3) is 5.81. The van der Waals surface area contributed by atoms with Crippen molar-refractivity contribution in [1.29, 1.82) is 0 Å². The first kappa shape index (κ1) is 24.7. The lowest BCUT2D eigenvalue weighted by Gasteiger charge is -2.43. The highest BCUT2D eigenvalue weighted by Gasteiger charge is 2.37. The molecule has 3 aromatic carbocycles. The Labute approximate surface area is 211 Å². The van der Waals surface area contributed by atoms with Crippen LogP contribution in [0.1, 0.15) is 35.6 Å². The monoisotopic (exact) mass is 496 g/mol. The lowest BCUT2D eigenvalue weighted by molar-refractivity contribution is -0.130. The van der Waals surface area contributed by atoms with E-state index in [1.54, 1.807) is 4.90 Å². The molecule has 0 spiro atoms. The van der Waals surface area contributed by atoms with Gasteiger partial charge in [-0.15, -0.1) is 0 Å². The lowest BCUT2D eigenvalue weighted by Crippen LogP contribution is -2.47. The lowest BCUT2D eigenvalue weighted by atomic mass is 9.83. The maximum absolute atomic E-state index is 13.0. The Bertz CT molecular complexity index is 1100. The normalized spacial score (nSPS) is 16.7. The number of nitrogens with zero attached hydrogens (tertiary/aromatic N) is 2. The molecule has 1 heterocycles. The molecule has 1 fully saturated rings. The van der Waals surface area contributed by atoms with Crippen molar-refractivity contribution in [2.45, 2.75) is 30.9 Å². The van der Waals surface area contributed by atoms with E-state index in [9.17, 15) is 9.90 Å². The third-order valence-corrected chi connectivity index (χ3v) is 7.52. The number of likely N-dealkylation sites (N-methyl/N-ethyl adjacent to an activating group) is 1. The highest BCUT2D eigenvalue weighted by Crippen LogP contribution is 2.37. The van der Waals surface area contributed by atoms with Gasteiger partial charge in [0.15, 0.2) is 0 Å². The summed E-state index contributed by atoms with van der Waals surface area (Å²) in [7, 11) is 1.85. The summed E-state index contributed by atoms with van der Waals surface area (Å²) in [5, 5.41) is 12.3. The molecule has 0 saturated carbocycles. The summed E-state index contributed by atoms with van der Waals surface area (Å²) in [6, 6.07) is 25.3. The van der Waals surface area contributed by atoms with Crippen LogP contribution in [0.3, 0.4) is 0 Å². The topological polar surface area (TPSA) is 43.8 Å². The quantitative estimate of drug-likeness (QED) is 0.454. The Hall–Kier alpha value is -2.37. The van der Waals surface area contributed by atoms with E-state index >= 15 is 0 Å². The molecule has 178 valence electrons. The predicted octanol–water partition coefficient (Wildman–Crippen LogP) is 5.72. The molecular weight excluding hydrogens is 467 g/mol. The van der Waals surface area contributed by atoms with Crippen LogP contribution in [0.2, 0.25) is 10.0 Å². The molecule has 1 amide bonds. The minimum absolute atomic E-state index is 0.0557. The molecule has 4 rings (SSSR count). The van der Waals surface area contributed by atoms with Crippen LogP contribution in [-0.4, -0.2) is 47.5 Å². The molecule has 1 aliphatic rings. The molecule has 34 heavy (non-hydrogen) atoms. The summed E-state index contributed by atoms with van der Waals surface area (Å²) in [6.07, 6.45) is 1.60. The summed E-state index contributed by atoms with van der Waals surface area (Å²) >= 11 is 12.5. The number of halogens is 2. The molecule has 0 radical (unpaired) electrons. The van der Waals surface area contributed by atoms with Crippen molar-refractivity contribution < 1.29 is 9.90 Å². The predicted molar refractivity (Wildman–Crippen MR) is 138 cm³/mol. The van der Waals surface area contributed by atoms with Gasteiger partial charge in [0.1, 0.15) is 0 Å². The standard InChI is InChI=1S/C28H30Cl2N2O2/c1-31(27(33)18-21-8-4-2-5-9-21)20-26(22-12-13-24(29)25(30)19-22)32-16-14-28(34,15-17-32)23-10-6-3-7-11-23/h2-13,19,26,34H,14-18,20H2,1H3. The highest BCUT2D eigenvalue weighted by atomic mass is 35.5. The van der Waals surface area contributed by atoms with Gasteiger partial charge in [0.2, 0.25) is 5.91 Å². The van der Waals surface area contributed by atoms with Crippen LogP contribution < -0.4 is 0 Å². The Balaban J connectivity index is 1.52. The molecule has 0 aliphatic carbocycles. The zero-order valence-corrected chi connectivity index (χ0v) is 20.8. The molecule has 1 atom stereocenters. The van der Waals surface area contributed by atoms with Crippen LogP contribution in [0.4, 0.5) is 0 Å². The molecule has 4 nitrogen and oxygen atoms in total. The molecule has 1 N–H and O–H groups in total. The second-order valence-electron chi connectivity index (χ2n) is 9.06. The van der Waals surface area contributed by atoms with Crippen LogP contribution in [0.15, 0.2) is 78.9 Å². The summed E-state index contributed by atoms with van der Waals surface area (Å²) in [5.74, 6) is 0.0639. The Morgan fingerprint density at radius 3 is 2.21 bits per heavy atom.